The second-order valence-corrected chi connectivity index (χ2v) is 10.7. The van der Waals surface area contributed by atoms with E-state index in [1.54, 1.807) is 6.21 Å². The first-order valence-corrected chi connectivity index (χ1v) is 12.9. The molecule has 178 valence electrons. The van der Waals surface area contributed by atoms with E-state index < -0.39 is 0 Å². The zero-order valence-corrected chi connectivity index (χ0v) is 22.2. The van der Waals surface area contributed by atoms with Gasteiger partial charge in [0.05, 0.1) is 12.0 Å². The van der Waals surface area contributed by atoms with Gasteiger partial charge in [-0.2, -0.15) is 5.10 Å². The second kappa shape index (κ2) is 11.0. The molecular formula is C27H26BrN5OS. The number of amides is 1. The van der Waals surface area contributed by atoms with Gasteiger partial charge in [0.25, 0.3) is 5.91 Å². The summed E-state index contributed by atoms with van der Waals surface area (Å²) in [4.78, 5) is 12.4. The summed E-state index contributed by atoms with van der Waals surface area (Å²) < 4.78 is 2.89. The van der Waals surface area contributed by atoms with Crippen LogP contribution in [-0.2, 0) is 10.2 Å². The highest BCUT2D eigenvalue weighted by Gasteiger charge is 2.19. The summed E-state index contributed by atoms with van der Waals surface area (Å²) in [7, 11) is 0. The van der Waals surface area contributed by atoms with Gasteiger partial charge in [0.1, 0.15) is 0 Å². The van der Waals surface area contributed by atoms with Crippen molar-refractivity contribution in [1.29, 1.82) is 0 Å². The van der Waals surface area contributed by atoms with Crippen LogP contribution in [0.5, 0.6) is 0 Å². The third-order valence-corrected chi connectivity index (χ3v) is 6.94. The zero-order chi connectivity index (χ0) is 24.8. The third-order valence-electron chi connectivity index (χ3n) is 5.29. The second-order valence-electron chi connectivity index (χ2n) is 8.91. The maximum Gasteiger partial charge on any atom is 0.250 e. The van der Waals surface area contributed by atoms with Gasteiger partial charge < -0.3 is 0 Å². The minimum atomic E-state index is -0.225. The van der Waals surface area contributed by atoms with Gasteiger partial charge in [-0.05, 0) is 29.2 Å². The molecule has 0 fully saturated rings. The maximum atomic E-state index is 12.4. The monoisotopic (exact) mass is 547 g/mol. The fraction of sp³-hybridized carbons (Fsp3) is 0.185. The molecule has 0 radical (unpaired) electrons. The van der Waals surface area contributed by atoms with Crippen molar-refractivity contribution in [3.8, 4) is 17.1 Å². The van der Waals surface area contributed by atoms with E-state index in [9.17, 15) is 4.79 Å². The molecule has 0 aliphatic heterocycles. The van der Waals surface area contributed by atoms with Crippen LogP contribution in [0.25, 0.3) is 17.1 Å². The molecule has 1 amide bonds. The number of hydrogen-bond acceptors (Lipinski definition) is 5. The van der Waals surface area contributed by atoms with Crippen molar-refractivity contribution in [1.82, 2.24) is 20.2 Å². The number of thioether (sulfide) groups is 1. The number of aromatic nitrogens is 3. The zero-order valence-electron chi connectivity index (χ0n) is 19.8. The molecule has 1 heterocycles. The van der Waals surface area contributed by atoms with Crippen molar-refractivity contribution in [2.75, 3.05) is 5.75 Å². The molecule has 0 saturated carbocycles. The van der Waals surface area contributed by atoms with Crippen LogP contribution in [0.15, 0.2) is 93.6 Å². The molecule has 3 aromatic carbocycles. The lowest BCUT2D eigenvalue weighted by Crippen LogP contribution is -2.20. The molecule has 4 rings (SSSR count). The van der Waals surface area contributed by atoms with Crippen LogP contribution in [-0.4, -0.2) is 32.6 Å². The molecular weight excluding hydrogens is 522 g/mol. The number of halogens is 1. The number of carbonyl (C=O) groups excluding carboxylic acids is 1. The number of rotatable bonds is 7. The predicted octanol–water partition coefficient (Wildman–Crippen LogP) is 6.24. The lowest BCUT2D eigenvalue weighted by atomic mass is 9.87. The Balaban J connectivity index is 1.53. The van der Waals surface area contributed by atoms with Crippen molar-refractivity contribution < 1.29 is 4.79 Å². The van der Waals surface area contributed by atoms with Gasteiger partial charge in [-0.3, -0.25) is 9.36 Å². The van der Waals surface area contributed by atoms with E-state index in [4.69, 9.17) is 0 Å². The average molecular weight is 549 g/mol. The summed E-state index contributed by atoms with van der Waals surface area (Å²) >= 11 is 4.78. The molecule has 0 spiro atoms. The Kier molecular flexibility index (Phi) is 7.83. The molecule has 6 nitrogen and oxygen atoms in total. The highest BCUT2D eigenvalue weighted by Crippen LogP contribution is 2.30. The first kappa shape index (κ1) is 24.9. The van der Waals surface area contributed by atoms with Crippen molar-refractivity contribution in [2.24, 2.45) is 5.10 Å². The van der Waals surface area contributed by atoms with E-state index in [0.29, 0.717) is 5.16 Å². The van der Waals surface area contributed by atoms with Gasteiger partial charge in [0, 0.05) is 21.3 Å². The van der Waals surface area contributed by atoms with Gasteiger partial charge in [-0.25, -0.2) is 5.43 Å². The molecule has 4 aromatic rings. The fourth-order valence-corrected chi connectivity index (χ4v) is 4.53. The summed E-state index contributed by atoms with van der Waals surface area (Å²) in [5.41, 5.74) is 6.67. The van der Waals surface area contributed by atoms with Crippen molar-refractivity contribution in [3.63, 3.8) is 0 Å². The van der Waals surface area contributed by atoms with Crippen LogP contribution >= 0.6 is 27.7 Å². The quantitative estimate of drug-likeness (QED) is 0.169. The van der Waals surface area contributed by atoms with Crippen LogP contribution in [0.1, 0.15) is 31.9 Å². The summed E-state index contributed by atoms with van der Waals surface area (Å²) in [6.07, 6.45) is 1.61. The predicted molar refractivity (Wildman–Crippen MR) is 146 cm³/mol. The topological polar surface area (TPSA) is 72.2 Å². The van der Waals surface area contributed by atoms with Crippen LogP contribution in [0.4, 0.5) is 0 Å². The van der Waals surface area contributed by atoms with Gasteiger partial charge >= 0.3 is 0 Å². The number of hydrogen-bond donors (Lipinski definition) is 1. The van der Waals surface area contributed by atoms with Crippen LogP contribution in [0, 0.1) is 0 Å². The average Bonchev–Trinajstić information content (AvgIpc) is 3.28. The Bertz CT molecular complexity index is 1330. The largest absolute Gasteiger partial charge is 0.272 e. The first-order valence-electron chi connectivity index (χ1n) is 11.1. The van der Waals surface area contributed by atoms with Gasteiger partial charge in [0.2, 0.25) is 0 Å². The third kappa shape index (κ3) is 6.26. The Labute approximate surface area is 218 Å². The number of nitrogens with one attached hydrogen (secondary N) is 1. The lowest BCUT2D eigenvalue weighted by molar-refractivity contribution is -0.118. The molecule has 0 unspecified atom stereocenters. The van der Waals surface area contributed by atoms with Crippen LogP contribution in [0.3, 0.4) is 0 Å². The molecule has 1 aromatic heterocycles. The minimum Gasteiger partial charge on any atom is -0.272 e. The van der Waals surface area contributed by atoms with Crippen molar-refractivity contribution in [3.05, 3.63) is 94.5 Å². The summed E-state index contributed by atoms with van der Waals surface area (Å²) in [6, 6.07) is 26.0. The van der Waals surface area contributed by atoms with Crippen LogP contribution < -0.4 is 5.43 Å². The SMILES string of the molecule is CC(C)(C)c1ccc(-c2nnc(SCC(=O)N/N=C/c3ccccc3Br)n2-c2ccccc2)cc1. The fourth-order valence-electron chi connectivity index (χ4n) is 3.40. The molecule has 0 bridgehead atoms. The Morgan fingerprint density at radius 1 is 1.00 bits per heavy atom. The molecule has 1 N–H and O–H groups in total. The smallest absolute Gasteiger partial charge is 0.250 e. The number of para-hydroxylation sites is 1. The van der Waals surface area contributed by atoms with E-state index in [2.05, 4.69) is 81.7 Å². The van der Waals surface area contributed by atoms with Gasteiger partial charge in [0.15, 0.2) is 11.0 Å². The summed E-state index contributed by atoms with van der Waals surface area (Å²) in [5.74, 6) is 0.657. The van der Waals surface area contributed by atoms with Gasteiger partial charge in [-0.15, -0.1) is 10.2 Å². The Hall–Kier alpha value is -3.23. The van der Waals surface area contributed by atoms with Gasteiger partial charge in [-0.1, -0.05) is 109 Å². The highest BCUT2D eigenvalue weighted by atomic mass is 79.9. The van der Waals surface area contributed by atoms with E-state index in [1.165, 1.54) is 17.3 Å². The van der Waals surface area contributed by atoms with E-state index in [0.717, 1.165) is 27.1 Å². The highest BCUT2D eigenvalue weighted by molar-refractivity contribution is 9.10. The van der Waals surface area contributed by atoms with E-state index >= 15 is 0 Å². The lowest BCUT2D eigenvalue weighted by Gasteiger charge is -2.19. The number of benzene rings is 3. The van der Waals surface area contributed by atoms with E-state index in [-0.39, 0.29) is 17.1 Å². The Morgan fingerprint density at radius 3 is 2.37 bits per heavy atom. The standard InChI is InChI=1S/C27H26BrN5OS/c1-27(2,3)21-15-13-19(14-16-21)25-31-32-26(33(25)22-10-5-4-6-11-22)35-18-24(34)30-29-17-20-9-7-8-12-23(20)28/h4-17H,18H2,1-3H3,(H,30,34)/b29-17+. The number of hydrazone groups is 1. The van der Waals surface area contributed by atoms with Crippen molar-refractivity contribution in [2.45, 2.75) is 31.3 Å². The maximum absolute atomic E-state index is 12.4. The molecule has 0 aliphatic carbocycles. The molecule has 0 aliphatic rings. The first-order chi connectivity index (χ1) is 16.8. The van der Waals surface area contributed by atoms with Crippen LogP contribution in [0.2, 0.25) is 0 Å². The van der Waals surface area contributed by atoms with Crippen molar-refractivity contribution >= 4 is 39.8 Å². The Morgan fingerprint density at radius 2 is 1.69 bits per heavy atom. The molecule has 0 atom stereocenters. The van der Waals surface area contributed by atoms with E-state index in [1.807, 2.05) is 59.2 Å². The number of carbonyl (C=O) groups is 1. The summed E-state index contributed by atoms with van der Waals surface area (Å²) in [5, 5.41) is 13.6. The molecule has 0 saturated heterocycles. The minimum absolute atomic E-state index is 0.0685. The number of nitrogens with zero attached hydrogens (tertiary/aromatic N) is 4. The molecule has 8 heteroatoms. The summed E-state index contributed by atoms with van der Waals surface area (Å²) in [6.45, 7) is 6.57. The normalized spacial score (nSPS) is 11.7. The molecule has 35 heavy (non-hydrogen) atoms.